The molecule has 1 saturated heterocycles. The molecule has 0 aromatic heterocycles. The molecule has 0 spiro atoms. The fourth-order valence-corrected chi connectivity index (χ4v) is 3.70. The van der Waals surface area contributed by atoms with Gasteiger partial charge in [0.25, 0.3) is 5.69 Å². The van der Waals surface area contributed by atoms with Crippen molar-refractivity contribution >= 4 is 45.8 Å². The number of nitro groups is 1. The zero-order valence-corrected chi connectivity index (χ0v) is 17.2. The number of anilines is 1. The van der Waals surface area contributed by atoms with Crippen molar-refractivity contribution in [2.45, 2.75) is 25.5 Å². The van der Waals surface area contributed by atoms with Gasteiger partial charge in [-0.15, -0.1) is 0 Å². The van der Waals surface area contributed by atoms with E-state index < -0.39 is 16.1 Å². The van der Waals surface area contributed by atoms with E-state index in [0.29, 0.717) is 16.5 Å². The van der Waals surface area contributed by atoms with E-state index in [1.807, 2.05) is 31.2 Å². The Morgan fingerprint density at radius 3 is 2.73 bits per heavy atom. The van der Waals surface area contributed by atoms with Gasteiger partial charge in [-0.2, -0.15) is 0 Å². The second-order valence-electron chi connectivity index (χ2n) is 6.47. The molecule has 2 aromatic rings. The number of nitro benzene ring substituents is 1. The van der Waals surface area contributed by atoms with E-state index in [9.17, 15) is 19.7 Å². The number of hydrogen-bond donors (Lipinski definition) is 2. The summed E-state index contributed by atoms with van der Waals surface area (Å²) in [6, 6.07) is 11.4. The number of carbonyl (C=O) groups excluding carboxylic acids is 2. The summed E-state index contributed by atoms with van der Waals surface area (Å²) in [6.07, 6.45) is -0.0135. The molecule has 1 aliphatic rings. The summed E-state index contributed by atoms with van der Waals surface area (Å²) in [4.78, 5) is 39.7. The first-order chi connectivity index (χ1) is 14.4. The third-order valence-corrected chi connectivity index (χ3v) is 5.24. The van der Waals surface area contributed by atoms with E-state index in [-0.39, 0.29) is 30.4 Å². The van der Waals surface area contributed by atoms with Crippen LogP contribution in [-0.2, 0) is 9.59 Å². The highest BCUT2D eigenvalue weighted by Gasteiger charge is 2.31. The standard InChI is InChI=1S/C20H20N4O5S/c1-3-29-16-10-14(24(27)28)8-9-15(16)22-19(26)17-11-18(25)23-20(30-17)21-13-6-4-12(2)5-7-13/h4-10,17H,3,11H2,1-2H3,(H,22,26)(H,21,23,25). The summed E-state index contributed by atoms with van der Waals surface area (Å²) in [5.74, 6) is -0.534. The molecule has 1 unspecified atom stereocenters. The monoisotopic (exact) mass is 428 g/mol. The van der Waals surface area contributed by atoms with Crippen LogP contribution < -0.4 is 15.4 Å². The quantitative estimate of drug-likeness (QED) is 0.536. The Labute approximate surface area is 177 Å². The van der Waals surface area contributed by atoms with Gasteiger partial charge < -0.3 is 15.4 Å². The molecule has 1 atom stereocenters. The smallest absolute Gasteiger partial charge is 0.273 e. The maximum Gasteiger partial charge on any atom is 0.273 e. The van der Waals surface area contributed by atoms with Gasteiger partial charge in [0.2, 0.25) is 11.8 Å². The molecule has 0 radical (unpaired) electrons. The van der Waals surface area contributed by atoms with Crippen molar-refractivity contribution in [2.24, 2.45) is 4.99 Å². The van der Waals surface area contributed by atoms with Crippen molar-refractivity contribution in [3.63, 3.8) is 0 Å². The second-order valence-corrected chi connectivity index (χ2v) is 7.66. The van der Waals surface area contributed by atoms with Gasteiger partial charge in [-0.3, -0.25) is 19.7 Å². The SMILES string of the molecule is CCOc1cc([N+](=O)[O-])ccc1NC(=O)C1CC(=O)NC(=Nc2ccc(C)cc2)S1. The van der Waals surface area contributed by atoms with Crippen LogP contribution in [0.3, 0.4) is 0 Å². The Morgan fingerprint density at radius 1 is 1.33 bits per heavy atom. The first kappa shape index (κ1) is 21.3. The fraction of sp³-hybridized carbons (Fsp3) is 0.250. The zero-order chi connectivity index (χ0) is 21.7. The van der Waals surface area contributed by atoms with Crippen LogP contribution >= 0.6 is 11.8 Å². The predicted octanol–water partition coefficient (Wildman–Crippen LogP) is 3.55. The third-order valence-electron chi connectivity index (χ3n) is 4.16. The van der Waals surface area contributed by atoms with Crippen molar-refractivity contribution in [1.82, 2.24) is 5.32 Å². The zero-order valence-electron chi connectivity index (χ0n) is 16.4. The first-order valence-electron chi connectivity index (χ1n) is 9.19. The van der Waals surface area contributed by atoms with Crippen LogP contribution in [0.25, 0.3) is 0 Å². The highest BCUT2D eigenvalue weighted by molar-refractivity contribution is 8.15. The number of nitrogens with zero attached hydrogens (tertiary/aromatic N) is 2. The molecule has 30 heavy (non-hydrogen) atoms. The van der Waals surface area contributed by atoms with E-state index >= 15 is 0 Å². The lowest BCUT2D eigenvalue weighted by Gasteiger charge is -2.22. The second kappa shape index (κ2) is 9.40. The van der Waals surface area contributed by atoms with Crippen molar-refractivity contribution in [1.29, 1.82) is 0 Å². The Balaban J connectivity index is 1.76. The molecule has 1 aliphatic heterocycles. The highest BCUT2D eigenvalue weighted by Crippen LogP contribution is 2.31. The van der Waals surface area contributed by atoms with Gasteiger partial charge in [-0.05, 0) is 32.0 Å². The van der Waals surface area contributed by atoms with Gasteiger partial charge in [-0.25, -0.2) is 4.99 Å². The number of non-ortho nitro benzene ring substituents is 1. The molecule has 2 aromatic carbocycles. The van der Waals surface area contributed by atoms with Crippen LogP contribution in [0, 0.1) is 17.0 Å². The van der Waals surface area contributed by atoms with Gasteiger partial charge in [0.15, 0.2) is 5.17 Å². The lowest BCUT2D eigenvalue weighted by Crippen LogP contribution is -2.41. The molecule has 0 bridgehead atoms. The van der Waals surface area contributed by atoms with E-state index in [1.165, 1.54) is 18.2 Å². The molecule has 3 rings (SSSR count). The summed E-state index contributed by atoms with van der Waals surface area (Å²) in [5.41, 5.74) is 1.91. The van der Waals surface area contributed by atoms with Gasteiger partial charge in [-0.1, -0.05) is 29.5 Å². The van der Waals surface area contributed by atoms with E-state index in [4.69, 9.17) is 4.74 Å². The number of thioether (sulfide) groups is 1. The molecule has 1 fully saturated rings. The first-order valence-corrected chi connectivity index (χ1v) is 10.1. The largest absolute Gasteiger partial charge is 0.491 e. The predicted molar refractivity (Wildman–Crippen MR) is 115 cm³/mol. The van der Waals surface area contributed by atoms with Gasteiger partial charge in [0.1, 0.15) is 11.0 Å². The summed E-state index contributed by atoms with van der Waals surface area (Å²) < 4.78 is 5.42. The normalized spacial score (nSPS) is 17.3. The summed E-state index contributed by atoms with van der Waals surface area (Å²) in [6.45, 7) is 3.97. The molecule has 0 aliphatic carbocycles. The molecule has 1 heterocycles. The number of amides is 2. The molecule has 0 saturated carbocycles. The minimum Gasteiger partial charge on any atom is -0.491 e. The molecule has 2 N–H and O–H groups in total. The highest BCUT2D eigenvalue weighted by atomic mass is 32.2. The minimum absolute atomic E-state index is 0.0135. The van der Waals surface area contributed by atoms with Gasteiger partial charge >= 0.3 is 0 Å². The van der Waals surface area contributed by atoms with Crippen molar-refractivity contribution in [2.75, 3.05) is 11.9 Å². The number of ether oxygens (including phenoxy) is 1. The van der Waals surface area contributed by atoms with Crippen LogP contribution in [0.4, 0.5) is 17.1 Å². The molecule has 156 valence electrons. The minimum atomic E-state index is -0.701. The number of aliphatic imine (C=N–C) groups is 1. The maximum absolute atomic E-state index is 12.8. The van der Waals surface area contributed by atoms with Gasteiger partial charge in [0, 0.05) is 12.5 Å². The number of benzene rings is 2. The average molecular weight is 428 g/mol. The molecule has 2 amide bonds. The number of rotatable bonds is 6. The summed E-state index contributed by atoms with van der Waals surface area (Å²) in [7, 11) is 0. The number of amidine groups is 1. The maximum atomic E-state index is 12.8. The van der Waals surface area contributed by atoms with Crippen molar-refractivity contribution in [3.8, 4) is 5.75 Å². The molecular formula is C20H20N4O5S. The van der Waals surface area contributed by atoms with Crippen molar-refractivity contribution in [3.05, 3.63) is 58.1 Å². The van der Waals surface area contributed by atoms with Crippen LogP contribution in [0.2, 0.25) is 0 Å². The van der Waals surface area contributed by atoms with E-state index in [0.717, 1.165) is 17.3 Å². The molecule has 10 heteroatoms. The topological polar surface area (TPSA) is 123 Å². The molecular weight excluding hydrogens is 408 g/mol. The van der Waals surface area contributed by atoms with Crippen LogP contribution in [0.15, 0.2) is 47.5 Å². The number of carbonyl (C=O) groups is 2. The Kier molecular flexibility index (Phi) is 6.68. The van der Waals surface area contributed by atoms with Crippen LogP contribution in [0.5, 0.6) is 5.75 Å². The van der Waals surface area contributed by atoms with Crippen LogP contribution in [-0.4, -0.2) is 33.8 Å². The Hall–Kier alpha value is -3.40. The number of nitrogens with one attached hydrogen (secondary N) is 2. The Bertz CT molecular complexity index is 1010. The van der Waals surface area contributed by atoms with Crippen molar-refractivity contribution < 1.29 is 19.2 Å². The lowest BCUT2D eigenvalue weighted by molar-refractivity contribution is -0.384. The lowest BCUT2D eigenvalue weighted by atomic mass is 10.2. The Morgan fingerprint density at radius 2 is 2.07 bits per heavy atom. The van der Waals surface area contributed by atoms with Gasteiger partial charge in [0.05, 0.1) is 29.0 Å². The number of aryl methyl sites for hydroxylation is 1. The summed E-state index contributed by atoms with van der Waals surface area (Å²) in [5, 5.41) is 16.0. The molecule has 9 nitrogen and oxygen atoms in total. The van der Waals surface area contributed by atoms with E-state index in [2.05, 4.69) is 15.6 Å². The summed E-state index contributed by atoms with van der Waals surface area (Å²) >= 11 is 1.15. The van der Waals surface area contributed by atoms with E-state index in [1.54, 1.807) is 6.92 Å². The third kappa shape index (κ3) is 5.35. The average Bonchev–Trinajstić information content (AvgIpc) is 2.70. The van der Waals surface area contributed by atoms with Crippen LogP contribution in [0.1, 0.15) is 18.9 Å². The number of hydrogen-bond acceptors (Lipinski definition) is 7. The fourth-order valence-electron chi connectivity index (χ4n) is 2.70.